The van der Waals surface area contributed by atoms with Crippen molar-refractivity contribution in [2.24, 2.45) is 0 Å². The third-order valence-corrected chi connectivity index (χ3v) is 8.62. The summed E-state index contributed by atoms with van der Waals surface area (Å²) < 4.78 is 35.2. The standard InChI is InChI=1S/C35H39N3O9/c1-42-30-20-23-5-11-27(30)46-28-12-6-24(21-31(28)43-2)32(39)36-15-19-44-25-7-9-26(10-8-25)47-35(34(41)37-22-23)13-16-38(17-14-35)33(40)29-4-3-18-45-29/h5-12,20-21,29H,3-4,13-19,22H2,1-2H3,(H,36,39)(H,37,41)/t29-/m1/s1. The summed E-state index contributed by atoms with van der Waals surface area (Å²) in [6.45, 7) is 2.03. The van der Waals surface area contributed by atoms with Crippen LogP contribution in [0, 0.1) is 0 Å². The second kappa shape index (κ2) is 14.2. The van der Waals surface area contributed by atoms with Gasteiger partial charge < -0.3 is 44.0 Å². The fourth-order valence-corrected chi connectivity index (χ4v) is 5.97. The minimum atomic E-state index is -1.20. The van der Waals surface area contributed by atoms with Crippen LogP contribution in [0.3, 0.4) is 0 Å². The Balaban J connectivity index is 1.26. The average Bonchev–Trinajstić information content (AvgIpc) is 3.65. The molecule has 0 aromatic heterocycles. The van der Waals surface area contributed by atoms with Gasteiger partial charge in [-0.05, 0) is 73.0 Å². The van der Waals surface area contributed by atoms with Gasteiger partial charge in [0.1, 0.15) is 24.2 Å². The van der Waals surface area contributed by atoms with Crippen molar-refractivity contribution in [3.63, 3.8) is 0 Å². The van der Waals surface area contributed by atoms with Crippen molar-refractivity contribution >= 4 is 17.7 Å². The van der Waals surface area contributed by atoms with E-state index in [4.69, 9.17) is 28.4 Å². The van der Waals surface area contributed by atoms with Gasteiger partial charge in [-0.3, -0.25) is 14.4 Å². The Morgan fingerprint density at radius 1 is 0.872 bits per heavy atom. The smallest absolute Gasteiger partial charge is 0.264 e. The van der Waals surface area contributed by atoms with E-state index >= 15 is 0 Å². The van der Waals surface area contributed by atoms with Gasteiger partial charge in [0.15, 0.2) is 28.6 Å². The van der Waals surface area contributed by atoms with Gasteiger partial charge in [-0.2, -0.15) is 0 Å². The number of carbonyl (C=O) groups is 3. The molecule has 0 radical (unpaired) electrons. The lowest BCUT2D eigenvalue weighted by molar-refractivity contribution is -0.151. The Kier molecular flexibility index (Phi) is 9.67. The third kappa shape index (κ3) is 7.22. The molecule has 1 spiro atoms. The molecule has 3 aromatic carbocycles. The lowest BCUT2D eigenvalue weighted by Gasteiger charge is -2.41. The van der Waals surface area contributed by atoms with Crippen molar-refractivity contribution in [2.45, 2.75) is 43.9 Å². The molecular weight excluding hydrogens is 606 g/mol. The van der Waals surface area contributed by atoms with Crippen LogP contribution in [-0.4, -0.2) is 81.4 Å². The summed E-state index contributed by atoms with van der Waals surface area (Å²) in [5.41, 5.74) is -0.0176. The summed E-state index contributed by atoms with van der Waals surface area (Å²) in [6.07, 6.45) is 1.79. The summed E-state index contributed by atoms with van der Waals surface area (Å²) in [5.74, 6) is 2.14. The molecular formula is C35H39N3O9. The molecule has 8 heterocycles. The van der Waals surface area contributed by atoms with Gasteiger partial charge in [0.05, 0.1) is 20.8 Å². The first-order chi connectivity index (χ1) is 22.9. The van der Waals surface area contributed by atoms with E-state index in [9.17, 15) is 14.4 Å². The SMILES string of the molecule is COc1cc2ccc1Oc1ccc(cc1OC)C(=O)NCCOc1ccc(cc1)OC1(CCN(C(=O)[C@H]3CCCO3)CC1)C(=O)NC2. The van der Waals surface area contributed by atoms with Crippen LogP contribution in [0.2, 0.25) is 0 Å². The number of nitrogens with one attached hydrogen (secondary N) is 2. The zero-order valence-electron chi connectivity index (χ0n) is 26.5. The molecule has 2 saturated heterocycles. The summed E-state index contributed by atoms with van der Waals surface area (Å²) in [7, 11) is 3.03. The number of amides is 3. The van der Waals surface area contributed by atoms with Crippen molar-refractivity contribution < 1.29 is 42.8 Å². The number of ether oxygens (including phenoxy) is 6. The van der Waals surface area contributed by atoms with E-state index in [2.05, 4.69) is 10.6 Å². The second-order valence-electron chi connectivity index (χ2n) is 11.6. The van der Waals surface area contributed by atoms with E-state index in [1.165, 1.54) is 14.2 Å². The van der Waals surface area contributed by atoms with Crippen molar-refractivity contribution in [2.75, 3.05) is 47.1 Å². The molecule has 47 heavy (non-hydrogen) atoms. The van der Waals surface area contributed by atoms with Gasteiger partial charge in [0.2, 0.25) is 0 Å². The second-order valence-corrected chi connectivity index (χ2v) is 11.6. The van der Waals surface area contributed by atoms with E-state index in [0.717, 1.165) is 12.0 Å². The van der Waals surface area contributed by atoms with Crippen LogP contribution < -0.4 is 34.3 Å². The summed E-state index contributed by atoms with van der Waals surface area (Å²) in [4.78, 5) is 41.6. The van der Waals surface area contributed by atoms with Crippen LogP contribution in [0.25, 0.3) is 0 Å². The lowest BCUT2D eigenvalue weighted by Crippen LogP contribution is -2.58. The number of piperidine rings is 1. The predicted molar refractivity (Wildman–Crippen MR) is 170 cm³/mol. The van der Waals surface area contributed by atoms with Gasteiger partial charge in [-0.15, -0.1) is 0 Å². The zero-order valence-corrected chi connectivity index (χ0v) is 26.5. The van der Waals surface area contributed by atoms with Crippen molar-refractivity contribution in [1.82, 2.24) is 15.5 Å². The first-order valence-corrected chi connectivity index (χ1v) is 15.8. The number of likely N-dealkylation sites (tertiary alicyclic amines) is 1. The highest BCUT2D eigenvalue weighted by Crippen LogP contribution is 2.38. The first kappa shape index (κ1) is 32.0. The number of nitrogens with zero attached hydrogens (tertiary/aromatic N) is 1. The Morgan fingerprint density at radius 3 is 2.28 bits per heavy atom. The zero-order chi connectivity index (χ0) is 32.8. The van der Waals surface area contributed by atoms with E-state index in [0.29, 0.717) is 79.0 Å². The van der Waals surface area contributed by atoms with Crippen LogP contribution in [0.1, 0.15) is 41.6 Å². The van der Waals surface area contributed by atoms with Crippen LogP contribution in [0.15, 0.2) is 60.7 Å². The highest BCUT2D eigenvalue weighted by molar-refractivity contribution is 5.95. The van der Waals surface area contributed by atoms with E-state index in [1.54, 1.807) is 59.5 Å². The maximum atomic E-state index is 13.9. The lowest BCUT2D eigenvalue weighted by atomic mass is 9.89. The number of benzene rings is 3. The fraction of sp³-hybridized carbons (Fsp3) is 0.400. The first-order valence-electron chi connectivity index (χ1n) is 15.8. The summed E-state index contributed by atoms with van der Waals surface area (Å²) >= 11 is 0. The average molecular weight is 646 g/mol. The van der Waals surface area contributed by atoms with Gasteiger partial charge in [0, 0.05) is 44.6 Å². The predicted octanol–water partition coefficient (Wildman–Crippen LogP) is 3.85. The molecule has 11 rings (SSSR count). The molecule has 6 bridgehead atoms. The molecule has 0 unspecified atom stereocenters. The van der Waals surface area contributed by atoms with Crippen LogP contribution >= 0.6 is 0 Å². The minimum absolute atomic E-state index is 0.0348. The molecule has 3 aromatic rings. The van der Waals surface area contributed by atoms with Crippen LogP contribution in [0.4, 0.5) is 0 Å². The van der Waals surface area contributed by atoms with Gasteiger partial charge in [-0.1, -0.05) is 6.07 Å². The van der Waals surface area contributed by atoms with Crippen LogP contribution in [-0.2, 0) is 20.9 Å². The Labute approximate surface area is 273 Å². The normalized spacial score (nSPS) is 19.7. The number of rotatable bonds is 3. The molecule has 8 aliphatic rings. The topological polar surface area (TPSA) is 134 Å². The molecule has 1 atom stereocenters. The molecule has 12 heteroatoms. The molecule has 12 nitrogen and oxygen atoms in total. The number of carbonyl (C=O) groups excluding carboxylic acids is 3. The molecule has 8 aliphatic heterocycles. The van der Waals surface area contributed by atoms with Gasteiger partial charge in [-0.25, -0.2) is 0 Å². The monoisotopic (exact) mass is 645 g/mol. The summed E-state index contributed by atoms with van der Waals surface area (Å²) in [6, 6.07) is 17.3. The largest absolute Gasteiger partial charge is 0.493 e. The highest BCUT2D eigenvalue weighted by Gasteiger charge is 2.45. The Bertz CT molecular complexity index is 1600. The number of methoxy groups -OCH3 is 2. The number of hydrogen-bond acceptors (Lipinski definition) is 9. The molecule has 2 fully saturated rings. The fourth-order valence-electron chi connectivity index (χ4n) is 5.97. The molecule has 0 aliphatic carbocycles. The summed E-state index contributed by atoms with van der Waals surface area (Å²) in [5, 5.41) is 5.90. The van der Waals surface area contributed by atoms with Gasteiger partial charge >= 0.3 is 0 Å². The minimum Gasteiger partial charge on any atom is -0.493 e. The molecule has 0 saturated carbocycles. The molecule has 2 N–H and O–H groups in total. The van der Waals surface area contributed by atoms with Gasteiger partial charge in [0.25, 0.3) is 17.7 Å². The van der Waals surface area contributed by atoms with E-state index in [1.807, 2.05) is 6.07 Å². The Hall–Kier alpha value is -4.97. The molecule has 248 valence electrons. The van der Waals surface area contributed by atoms with E-state index in [-0.39, 0.29) is 37.4 Å². The quantitative estimate of drug-likeness (QED) is 0.436. The molecule has 3 amide bonds. The van der Waals surface area contributed by atoms with Crippen molar-refractivity contribution in [3.8, 4) is 34.5 Å². The van der Waals surface area contributed by atoms with Crippen molar-refractivity contribution in [1.29, 1.82) is 0 Å². The van der Waals surface area contributed by atoms with Crippen LogP contribution in [0.5, 0.6) is 34.5 Å². The van der Waals surface area contributed by atoms with E-state index < -0.39 is 11.7 Å². The Morgan fingerprint density at radius 2 is 1.57 bits per heavy atom. The maximum Gasteiger partial charge on any atom is 0.264 e. The van der Waals surface area contributed by atoms with Crippen molar-refractivity contribution in [3.05, 3.63) is 71.8 Å². The number of hydrogen-bond donors (Lipinski definition) is 2. The third-order valence-electron chi connectivity index (χ3n) is 8.62. The highest BCUT2D eigenvalue weighted by atomic mass is 16.5. The maximum absolute atomic E-state index is 13.9.